The van der Waals surface area contributed by atoms with Crippen LogP contribution in [-0.2, 0) is 6.42 Å². The maximum atomic E-state index is 13.2. The van der Waals surface area contributed by atoms with Crippen molar-refractivity contribution in [2.45, 2.75) is 18.9 Å². The Morgan fingerprint density at radius 2 is 1.96 bits per heavy atom. The van der Waals surface area contributed by atoms with Crippen molar-refractivity contribution in [2.75, 3.05) is 14.2 Å². The fourth-order valence-electron chi connectivity index (χ4n) is 3.84. The number of fused-ring (bicyclic) bond motifs is 3. The second-order valence-corrected chi connectivity index (χ2v) is 6.22. The zero-order valence-corrected chi connectivity index (χ0v) is 13.3. The monoisotopic (exact) mass is 310 g/mol. The first kappa shape index (κ1) is 14.2. The zero-order valence-electron chi connectivity index (χ0n) is 13.3. The number of hydrazone groups is 1. The lowest BCUT2D eigenvalue weighted by Gasteiger charge is -2.29. The van der Waals surface area contributed by atoms with Crippen molar-refractivity contribution in [3.05, 3.63) is 65.0 Å². The molecule has 1 heterocycles. The smallest absolute Gasteiger partial charge is 0.123 e. The summed E-state index contributed by atoms with van der Waals surface area (Å²) in [5.74, 6) is 1.05. The maximum Gasteiger partial charge on any atom is 0.123 e. The lowest BCUT2D eigenvalue weighted by atomic mass is 9.77. The molecule has 1 aliphatic heterocycles. The molecule has 4 rings (SSSR count). The molecule has 2 atom stereocenters. The highest BCUT2D eigenvalue weighted by atomic mass is 19.1. The van der Waals surface area contributed by atoms with Crippen LogP contribution in [0.15, 0.2) is 47.6 Å². The second kappa shape index (κ2) is 5.37. The molecule has 0 bridgehead atoms. The van der Waals surface area contributed by atoms with Crippen molar-refractivity contribution in [2.24, 2.45) is 11.0 Å². The highest BCUT2D eigenvalue weighted by Gasteiger charge is 2.39. The largest absolute Gasteiger partial charge is 0.497 e. The molecular formula is C19H19FN2O. The fourth-order valence-corrected chi connectivity index (χ4v) is 3.84. The van der Waals surface area contributed by atoms with Gasteiger partial charge in [-0.2, -0.15) is 5.10 Å². The number of hydrogen-bond donors (Lipinski definition) is 0. The minimum absolute atomic E-state index is 0.181. The second-order valence-electron chi connectivity index (χ2n) is 6.22. The number of ether oxygens (including phenoxy) is 1. The highest BCUT2D eigenvalue weighted by Crippen LogP contribution is 2.43. The first-order valence-corrected chi connectivity index (χ1v) is 7.91. The molecule has 23 heavy (non-hydrogen) atoms. The Hall–Kier alpha value is -2.36. The molecule has 0 radical (unpaired) electrons. The van der Waals surface area contributed by atoms with E-state index in [9.17, 15) is 4.39 Å². The Bertz CT molecular complexity index is 769. The van der Waals surface area contributed by atoms with Gasteiger partial charge in [-0.1, -0.05) is 12.1 Å². The number of rotatable bonds is 2. The number of benzene rings is 2. The molecule has 2 aromatic carbocycles. The van der Waals surface area contributed by atoms with E-state index in [1.807, 2.05) is 30.3 Å². The van der Waals surface area contributed by atoms with Gasteiger partial charge in [-0.25, -0.2) is 4.39 Å². The molecule has 0 spiro atoms. The number of methoxy groups -OCH3 is 1. The molecule has 0 saturated heterocycles. The summed E-state index contributed by atoms with van der Waals surface area (Å²) in [6.45, 7) is 0. The van der Waals surface area contributed by atoms with Crippen LogP contribution in [0.4, 0.5) is 4.39 Å². The Morgan fingerprint density at radius 1 is 1.17 bits per heavy atom. The molecule has 4 heteroatoms. The molecule has 118 valence electrons. The van der Waals surface area contributed by atoms with Gasteiger partial charge < -0.3 is 4.74 Å². The third kappa shape index (κ3) is 2.29. The van der Waals surface area contributed by atoms with Crippen molar-refractivity contribution in [1.82, 2.24) is 5.01 Å². The number of hydrogen-bond acceptors (Lipinski definition) is 3. The summed E-state index contributed by atoms with van der Waals surface area (Å²) >= 11 is 0. The average Bonchev–Trinajstić information content (AvgIpc) is 2.91. The van der Waals surface area contributed by atoms with E-state index in [1.54, 1.807) is 7.11 Å². The molecule has 0 aromatic heterocycles. The van der Waals surface area contributed by atoms with Gasteiger partial charge in [-0.3, -0.25) is 5.01 Å². The van der Waals surface area contributed by atoms with E-state index in [4.69, 9.17) is 9.84 Å². The van der Waals surface area contributed by atoms with Crippen molar-refractivity contribution in [3.8, 4) is 5.75 Å². The molecular weight excluding hydrogens is 291 g/mol. The van der Waals surface area contributed by atoms with Gasteiger partial charge in [0.05, 0.1) is 18.9 Å². The molecule has 0 N–H and O–H groups in total. The summed E-state index contributed by atoms with van der Waals surface area (Å²) in [6.07, 6.45) is 2.06. The van der Waals surface area contributed by atoms with E-state index >= 15 is 0 Å². The van der Waals surface area contributed by atoms with Crippen molar-refractivity contribution < 1.29 is 9.13 Å². The van der Waals surface area contributed by atoms with Gasteiger partial charge in [0.2, 0.25) is 0 Å². The summed E-state index contributed by atoms with van der Waals surface area (Å²) in [5.41, 5.74) is 4.78. The van der Waals surface area contributed by atoms with Crippen LogP contribution in [0.3, 0.4) is 0 Å². The van der Waals surface area contributed by atoms with Crippen LogP contribution in [0.5, 0.6) is 5.75 Å². The van der Waals surface area contributed by atoms with Crippen LogP contribution < -0.4 is 4.74 Å². The van der Waals surface area contributed by atoms with Crippen LogP contribution in [0.2, 0.25) is 0 Å². The Morgan fingerprint density at radius 3 is 2.70 bits per heavy atom. The van der Waals surface area contributed by atoms with Crippen molar-refractivity contribution >= 4 is 5.71 Å². The standard InChI is InChI=1S/C19H19FN2O/c1-22-19(12-3-6-14(20)7-4-12)17-9-5-13-11-15(23-2)8-10-16(13)18(17)21-22/h3-4,6-8,10-11,17,19H,5,9H2,1-2H3/t17-,19-/m0/s1. The van der Waals surface area contributed by atoms with Crippen molar-refractivity contribution in [1.29, 1.82) is 0 Å². The SMILES string of the molecule is COc1ccc2c(c1)CC[C@H]1C2=NN(C)[C@H]1c1ccc(F)cc1. The van der Waals surface area contributed by atoms with Crippen LogP contribution in [0.1, 0.15) is 29.2 Å². The quantitative estimate of drug-likeness (QED) is 0.843. The topological polar surface area (TPSA) is 24.8 Å². The first-order chi connectivity index (χ1) is 11.2. The summed E-state index contributed by atoms with van der Waals surface area (Å²) in [7, 11) is 3.70. The van der Waals surface area contributed by atoms with Crippen LogP contribution >= 0.6 is 0 Å². The van der Waals surface area contributed by atoms with Crippen molar-refractivity contribution in [3.63, 3.8) is 0 Å². The minimum atomic E-state index is -0.198. The number of halogens is 1. The van der Waals surface area contributed by atoms with E-state index in [-0.39, 0.29) is 11.9 Å². The Kier molecular flexibility index (Phi) is 3.33. The first-order valence-electron chi connectivity index (χ1n) is 7.91. The fraction of sp³-hybridized carbons (Fsp3) is 0.316. The van der Waals surface area contributed by atoms with E-state index in [0.29, 0.717) is 5.92 Å². The van der Waals surface area contributed by atoms with Crippen LogP contribution in [-0.4, -0.2) is 24.9 Å². The normalized spacial score (nSPS) is 22.4. The Balaban J connectivity index is 1.71. The predicted octanol–water partition coefficient (Wildman–Crippen LogP) is 3.79. The van der Waals surface area contributed by atoms with Gasteiger partial charge in [-0.15, -0.1) is 0 Å². The molecule has 2 aromatic rings. The van der Waals surface area contributed by atoms with E-state index in [1.165, 1.54) is 23.3 Å². The molecule has 0 unspecified atom stereocenters. The van der Waals surface area contributed by atoms with E-state index in [2.05, 4.69) is 12.1 Å². The maximum absolute atomic E-state index is 13.2. The summed E-state index contributed by atoms with van der Waals surface area (Å²) in [4.78, 5) is 0. The lowest BCUT2D eigenvalue weighted by Crippen LogP contribution is -2.27. The third-order valence-electron chi connectivity index (χ3n) is 4.92. The Labute approximate surface area is 135 Å². The molecule has 0 saturated carbocycles. The molecule has 0 fully saturated rings. The van der Waals surface area contributed by atoms with Gasteiger partial charge >= 0.3 is 0 Å². The van der Waals surface area contributed by atoms with Gasteiger partial charge in [0.1, 0.15) is 11.6 Å². The van der Waals surface area contributed by atoms with Gasteiger partial charge in [0, 0.05) is 18.5 Å². The minimum Gasteiger partial charge on any atom is -0.497 e. The van der Waals surface area contributed by atoms with Gasteiger partial charge in [0.15, 0.2) is 0 Å². The van der Waals surface area contributed by atoms with Gasteiger partial charge in [-0.05, 0) is 54.3 Å². The van der Waals surface area contributed by atoms with Gasteiger partial charge in [0.25, 0.3) is 0 Å². The van der Waals surface area contributed by atoms with Crippen LogP contribution in [0, 0.1) is 11.7 Å². The highest BCUT2D eigenvalue weighted by molar-refractivity contribution is 6.05. The van der Waals surface area contributed by atoms with E-state index in [0.717, 1.165) is 29.9 Å². The molecule has 0 amide bonds. The summed E-state index contributed by atoms with van der Waals surface area (Å²) in [5, 5.41) is 6.82. The third-order valence-corrected chi connectivity index (χ3v) is 4.92. The lowest BCUT2D eigenvalue weighted by molar-refractivity contribution is 0.243. The molecule has 2 aliphatic rings. The molecule has 1 aliphatic carbocycles. The zero-order chi connectivity index (χ0) is 16.0. The summed E-state index contributed by atoms with van der Waals surface area (Å²) in [6, 6.07) is 13.2. The predicted molar refractivity (Wildman–Crippen MR) is 88.2 cm³/mol. The molecule has 3 nitrogen and oxygen atoms in total. The average molecular weight is 310 g/mol. The van der Waals surface area contributed by atoms with E-state index < -0.39 is 0 Å². The number of aryl methyl sites for hydroxylation is 1. The number of nitrogens with zero attached hydrogens (tertiary/aromatic N) is 2. The van der Waals surface area contributed by atoms with Crippen LogP contribution in [0.25, 0.3) is 0 Å². The summed E-state index contributed by atoms with van der Waals surface area (Å²) < 4.78 is 18.5.